The fourth-order valence-corrected chi connectivity index (χ4v) is 3.37. The number of hydrogen-bond acceptors (Lipinski definition) is 5. The Labute approximate surface area is 146 Å². The fraction of sp³-hybridized carbons (Fsp3) is 0. The molecule has 0 unspecified atom stereocenters. The van der Waals surface area contributed by atoms with Gasteiger partial charge in [0.2, 0.25) is 0 Å². The van der Waals surface area contributed by atoms with Crippen molar-refractivity contribution in [3.8, 4) is 0 Å². The Morgan fingerprint density at radius 1 is 0.917 bits per heavy atom. The highest BCUT2D eigenvalue weighted by Crippen LogP contribution is 2.37. The van der Waals surface area contributed by atoms with E-state index in [2.05, 4.69) is 26.2 Å². The van der Waals surface area contributed by atoms with Gasteiger partial charge in [0, 0.05) is 15.2 Å². The van der Waals surface area contributed by atoms with Crippen molar-refractivity contribution in [3.05, 3.63) is 59.1 Å². The summed E-state index contributed by atoms with van der Waals surface area (Å²) in [6, 6.07) is 15.0. The van der Waals surface area contributed by atoms with Crippen LogP contribution in [0.4, 0.5) is 17.1 Å². The maximum Gasteiger partial charge on any atom is 0.295 e. The lowest BCUT2D eigenvalue weighted by atomic mass is 10.1. The fourth-order valence-electron chi connectivity index (χ4n) is 2.29. The van der Waals surface area contributed by atoms with E-state index in [1.54, 1.807) is 36.4 Å². The van der Waals surface area contributed by atoms with Crippen LogP contribution in [0.1, 0.15) is 0 Å². The Morgan fingerprint density at radius 2 is 1.50 bits per heavy atom. The van der Waals surface area contributed by atoms with Crippen molar-refractivity contribution in [3.63, 3.8) is 0 Å². The van der Waals surface area contributed by atoms with E-state index >= 15 is 0 Å². The predicted octanol–water partition coefficient (Wildman–Crippen LogP) is 4.85. The lowest BCUT2D eigenvalue weighted by Gasteiger charge is -2.09. The zero-order valence-corrected chi connectivity index (χ0v) is 14.6. The van der Waals surface area contributed by atoms with Gasteiger partial charge in [-0.05, 0) is 34.1 Å². The predicted molar refractivity (Wildman–Crippen MR) is 96.5 cm³/mol. The molecule has 0 aromatic heterocycles. The van der Waals surface area contributed by atoms with Gasteiger partial charge in [-0.2, -0.15) is 8.42 Å². The molecule has 0 radical (unpaired) electrons. The molecule has 0 saturated carbocycles. The van der Waals surface area contributed by atoms with E-state index in [1.165, 1.54) is 6.07 Å². The number of nitrogens with two attached hydrogens (primary N) is 1. The van der Waals surface area contributed by atoms with E-state index in [-0.39, 0.29) is 16.3 Å². The van der Waals surface area contributed by atoms with Crippen LogP contribution in [-0.4, -0.2) is 13.0 Å². The van der Waals surface area contributed by atoms with Crippen LogP contribution in [0.25, 0.3) is 10.8 Å². The lowest BCUT2D eigenvalue weighted by Crippen LogP contribution is -2.01. The molecule has 0 saturated heterocycles. The van der Waals surface area contributed by atoms with Gasteiger partial charge < -0.3 is 5.73 Å². The van der Waals surface area contributed by atoms with Crippen molar-refractivity contribution in [1.82, 2.24) is 0 Å². The Bertz CT molecular complexity index is 1070. The first-order chi connectivity index (χ1) is 11.4. The van der Waals surface area contributed by atoms with E-state index in [9.17, 15) is 13.0 Å². The van der Waals surface area contributed by atoms with Gasteiger partial charge >= 0.3 is 0 Å². The minimum atomic E-state index is -4.43. The molecule has 3 N–H and O–H groups in total. The largest absolute Gasteiger partial charge is 0.396 e. The van der Waals surface area contributed by atoms with Gasteiger partial charge in [-0.1, -0.05) is 36.4 Å². The van der Waals surface area contributed by atoms with E-state index in [4.69, 9.17) is 5.73 Å². The maximum atomic E-state index is 11.7. The topological polar surface area (TPSA) is 105 Å². The lowest BCUT2D eigenvalue weighted by molar-refractivity contribution is 0.484. The summed E-state index contributed by atoms with van der Waals surface area (Å²) in [7, 11) is -4.43. The van der Waals surface area contributed by atoms with Crippen LogP contribution in [-0.2, 0) is 10.1 Å². The first-order valence-electron chi connectivity index (χ1n) is 6.83. The summed E-state index contributed by atoms with van der Waals surface area (Å²) in [5.74, 6) is 0. The molecule has 0 spiro atoms. The van der Waals surface area contributed by atoms with E-state index in [0.717, 1.165) is 4.47 Å². The SMILES string of the molecule is Nc1c(N=Nc2ccccc2Br)cc(S(=O)(=O)O)c2ccccc12. The number of halogens is 1. The van der Waals surface area contributed by atoms with Gasteiger partial charge in [-0.25, -0.2) is 0 Å². The molecule has 0 aliphatic heterocycles. The Morgan fingerprint density at radius 3 is 2.17 bits per heavy atom. The molecule has 122 valence electrons. The number of rotatable bonds is 3. The molecule has 8 heteroatoms. The average Bonchev–Trinajstić information content (AvgIpc) is 2.54. The second-order valence-corrected chi connectivity index (χ2v) is 7.22. The molecular formula is C16H12BrN3O3S. The van der Waals surface area contributed by atoms with E-state index in [1.807, 2.05) is 12.1 Å². The summed E-state index contributed by atoms with van der Waals surface area (Å²) in [4.78, 5) is -0.256. The molecule has 3 aromatic rings. The Balaban J connectivity index is 2.22. The zero-order chi connectivity index (χ0) is 17.3. The van der Waals surface area contributed by atoms with Crippen molar-refractivity contribution < 1.29 is 13.0 Å². The summed E-state index contributed by atoms with van der Waals surface area (Å²) < 4.78 is 33.6. The molecule has 0 aliphatic rings. The zero-order valence-electron chi connectivity index (χ0n) is 12.2. The number of hydrogen-bond donors (Lipinski definition) is 2. The molecular weight excluding hydrogens is 394 g/mol. The standard InChI is InChI=1S/C16H12BrN3O3S/c17-12-7-3-4-8-13(12)19-20-14-9-15(24(21,22)23)10-5-1-2-6-11(10)16(14)18/h1-9H,18H2,(H,21,22,23). The van der Waals surface area contributed by atoms with E-state index in [0.29, 0.717) is 16.5 Å². The molecule has 3 aromatic carbocycles. The molecule has 0 heterocycles. The Hall–Kier alpha value is -2.29. The van der Waals surface area contributed by atoms with Crippen LogP contribution >= 0.6 is 15.9 Å². The first kappa shape index (κ1) is 16.6. The van der Waals surface area contributed by atoms with Gasteiger partial charge in [0.25, 0.3) is 10.1 Å². The highest BCUT2D eigenvalue weighted by molar-refractivity contribution is 9.10. The number of fused-ring (bicyclic) bond motifs is 1. The number of benzene rings is 3. The highest BCUT2D eigenvalue weighted by Gasteiger charge is 2.18. The normalized spacial score (nSPS) is 12.1. The molecule has 0 fully saturated rings. The van der Waals surface area contributed by atoms with E-state index < -0.39 is 10.1 Å². The van der Waals surface area contributed by atoms with Crippen molar-refractivity contribution in [2.24, 2.45) is 10.2 Å². The van der Waals surface area contributed by atoms with Crippen LogP contribution < -0.4 is 5.73 Å². The molecule has 3 rings (SSSR count). The molecule has 24 heavy (non-hydrogen) atoms. The molecule has 0 aliphatic carbocycles. The van der Waals surface area contributed by atoms with Crippen molar-refractivity contribution in [2.45, 2.75) is 4.90 Å². The number of anilines is 1. The van der Waals surface area contributed by atoms with Crippen molar-refractivity contribution >= 4 is 53.9 Å². The Kier molecular flexibility index (Phi) is 4.35. The van der Waals surface area contributed by atoms with Crippen LogP contribution in [0.2, 0.25) is 0 Å². The number of nitrogens with zero attached hydrogens (tertiary/aromatic N) is 2. The van der Waals surface area contributed by atoms with Gasteiger partial charge in [-0.3, -0.25) is 4.55 Å². The monoisotopic (exact) mass is 405 g/mol. The maximum absolute atomic E-state index is 11.7. The molecule has 0 amide bonds. The second kappa shape index (κ2) is 6.31. The second-order valence-electron chi connectivity index (χ2n) is 4.98. The first-order valence-corrected chi connectivity index (χ1v) is 9.06. The van der Waals surface area contributed by atoms with Crippen LogP contribution in [0.5, 0.6) is 0 Å². The van der Waals surface area contributed by atoms with Gasteiger partial charge in [0.05, 0.1) is 11.4 Å². The smallest absolute Gasteiger partial charge is 0.295 e. The number of azo groups is 1. The van der Waals surface area contributed by atoms with Gasteiger partial charge in [0.15, 0.2) is 0 Å². The molecule has 6 nitrogen and oxygen atoms in total. The third kappa shape index (κ3) is 3.16. The van der Waals surface area contributed by atoms with Gasteiger partial charge in [0.1, 0.15) is 10.6 Å². The third-order valence-electron chi connectivity index (χ3n) is 3.42. The third-order valence-corrected chi connectivity index (χ3v) is 4.99. The minimum Gasteiger partial charge on any atom is -0.396 e. The molecule has 0 bridgehead atoms. The van der Waals surface area contributed by atoms with Crippen LogP contribution in [0, 0.1) is 0 Å². The quantitative estimate of drug-likeness (QED) is 0.369. The number of nitrogen functional groups attached to an aromatic ring is 1. The minimum absolute atomic E-state index is 0.164. The van der Waals surface area contributed by atoms with Crippen molar-refractivity contribution in [2.75, 3.05) is 5.73 Å². The summed E-state index contributed by atoms with van der Waals surface area (Å²) in [5.41, 5.74) is 7.11. The van der Waals surface area contributed by atoms with Crippen LogP contribution in [0.3, 0.4) is 0 Å². The highest BCUT2D eigenvalue weighted by atomic mass is 79.9. The summed E-state index contributed by atoms with van der Waals surface area (Å²) in [6.45, 7) is 0. The van der Waals surface area contributed by atoms with Crippen LogP contribution in [0.15, 0.2) is 74.2 Å². The summed E-state index contributed by atoms with van der Waals surface area (Å²) >= 11 is 3.35. The average molecular weight is 406 g/mol. The molecule has 0 atom stereocenters. The summed E-state index contributed by atoms with van der Waals surface area (Å²) in [6.07, 6.45) is 0. The summed E-state index contributed by atoms with van der Waals surface area (Å²) in [5, 5.41) is 8.96. The van der Waals surface area contributed by atoms with Gasteiger partial charge in [-0.15, -0.1) is 10.2 Å². The van der Waals surface area contributed by atoms with Crippen molar-refractivity contribution in [1.29, 1.82) is 0 Å².